The largest absolute Gasteiger partial charge is 0.508 e. The van der Waals surface area contributed by atoms with Crippen LogP contribution in [0.3, 0.4) is 0 Å². The van der Waals surface area contributed by atoms with E-state index in [1.807, 2.05) is 30.3 Å². The summed E-state index contributed by atoms with van der Waals surface area (Å²) in [6, 6.07) is 11.9. The third-order valence-corrected chi connectivity index (χ3v) is 4.26. The molecule has 0 amide bonds. The Balaban J connectivity index is 2.16. The molecule has 2 aromatic carbocycles. The number of nitrogens with zero attached hydrogens (tertiary/aromatic N) is 1. The van der Waals surface area contributed by atoms with Crippen LogP contribution in [-0.2, 0) is 12.0 Å². The van der Waals surface area contributed by atoms with Crippen LogP contribution in [0.5, 0.6) is 5.75 Å². The lowest BCUT2D eigenvalue weighted by atomic mass is 9.84. The van der Waals surface area contributed by atoms with E-state index >= 15 is 0 Å². The maximum absolute atomic E-state index is 14.0. The number of H-pyrrole nitrogens is 1. The number of hydrogen-bond donors (Lipinski definition) is 3. The zero-order valence-electron chi connectivity index (χ0n) is 13.3. The monoisotopic (exact) mass is 326 g/mol. The summed E-state index contributed by atoms with van der Waals surface area (Å²) >= 11 is 0. The smallest absolute Gasteiger partial charge is 0.147 e. The van der Waals surface area contributed by atoms with Gasteiger partial charge in [-0.15, -0.1) is 0 Å². The Kier molecular flexibility index (Phi) is 4.36. The van der Waals surface area contributed by atoms with Gasteiger partial charge in [0.25, 0.3) is 0 Å². The van der Waals surface area contributed by atoms with Crippen molar-refractivity contribution in [2.75, 3.05) is 0 Å². The molecule has 3 N–H and O–H groups in total. The Morgan fingerprint density at radius 1 is 1.21 bits per heavy atom. The first-order chi connectivity index (χ1) is 11.5. The van der Waals surface area contributed by atoms with Gasteiger partial charge in [0.15, 0.2) is 0 Å². The Labute approximate surface area is 139 Å². The van der Waals surface area contributed by atoms with Crippen LogP contribution in [-0.4, -0.2) is 20.2 Å². The highest BCUT2D eigenvalue weighted by atomic mass is 19.1. The average molecular weight is 326 g/mol. The predicted octanol–water partition coefficient (Wildman–Crippen LogP) is 3.49. The standard InChI is InChI=1S/C19H19FN2O2/c1-2-19(24,18-21-8-9-22-18)16-11-14(20)12-17(23)15(16)10-13-6-4-3-5-7-13/h3-9,11-12,23-24H,2,10H2,1H3,(H,21,22). The number of benzene rings is 2. The van der Waals surface area contributed by atoms with Gasteiger partial charge >= 0.3 is 0 Å². The zero-order valence-corrected chi connectivity index (χ0v) is 13.3. The van der Waals surface area contributed by atoms with Crippen molar-refractivity contribution < 1.29 is 14.6 Å². The Bertz CT molecular complexity index is 819. The summed E-state index contributed by atoms with van der Waals surface area (Å²) in [6.07, 6.45) is 3.80. The lowest BCUT2D eigenvalue weighted by molar-refractivity contribution is 0.0663. The Morgan fingerprint density at radius 2 is 1.96 bits per heavy atom. The van der Waals surface area contributed by atoms with E-state index in [4.69, 9.17) is 0 Å². The van der Waals surface area contributed by atoms with Gasteiger partial charge in [-0.1, -0.05) is 37.3 Å². The second-order valence-electron chi connectivity index (χ2n) is 5.77. The van der Waals surface area contributed by atoms with Crippen molar-refractivity contribution in [3.8, 4) is 5.75 Å². The van der Waals surface area contributed by atoms with Crippen LogP contribution in [0.4, 0.5) is 4.39 Å². The van der Waals surface area contributed by atoms with Gasteiger partial charge in [-0.2, -0.15) is 0 Å². The summed E-state index contributed by atoms with van der Waals surface area (Å²) in [7, 11) is 0. The minimum absolute atomic E-state index is 0.174. The van der Waals surface area contributed by atoms with E-state index in [1.54, 1.807) is 13.1 Å². The third-order valence-electron chi connectivity index (χ3n) is 4.26. The van der Waals surface area contributed by atoms with Crippen LogP contribution in [0.2, 0.25) is 0 Å². The molecule has 3 rings (SSSR count). The average Bonchev–Trinajstić information content (AvgIpc) is 3.12. The van der Waals surface area contributed by atoms with Crippen molar-refractivity contribution in [2.45, 2.75) is 25.4 Å². The van der Waals surface area contributed by atoms with Gasteiger partial charge in [0.1, 0.15) is 23.0 Å². The number of aromatic hydroxyl groups is 1. The fourth-order valence-electron chi connectivity index (χ4n) is 2.95. The molecule has 4 nitrogen and oxygen atoms in total. The first-order valence-corrected chi connectivity index (χ1v) is 7.82. The highest BCUT2D eigenvalue weighted by Crippen LogP contribution is 2.38. The van der Waals surface area contributed by atoms with Crippen molar-refractivity contribution in [1.82, 2.24) is 9.97 Å². The van der Waals surface area contributed by atoms with Crippen LogP contribution >= 0.6 is 0 Å². The van der Waals surface area contributed by atoms with E-state index in [2.05, 4.69) is 9.97 Å². The van der Waals surface area contributed by atoms with Crippen molar-refractivity contribution >= 4 is 0 Å². The summed E-state index contributed by atoms with van der Waals surface area (Å²) in [5.74, 6) is -0.450. The molecule has 0 saturated carbocycles. The molecular weight excluding hydrogens is 307 g/mol. The fraction of sp³-hybridized carbons (Fsp3) is 0.211. The van der Waals surface area contributed by atoms with Gasteiger partial charge in [-0.3, -0.25) is 0 Å². The number of aliphatic hydroxyl groups is 1. The summed E-state index contributed by atoms with van der Waals surface area (Å²) in [4.78, 5) is 7.03. The van der Waals surface area contributed by atoms with Gasteiger partial charge in [0, 0.05) is 36.0 Å². The lowest BCUT2D eigenvalue weighted by Crippen LogP contribution is -2.29. The van der Waals surface area contributed by atoms with Crippen LogP contribution in [0.1, 0.15) is 35.9 Å². The Hall–Kier alpha value is -2.66. The number of phenols is 1. The summed E-state index contributed by atoms with van der Waals surface area (Å²) in [6.45, 7) is 1.79. The van der Waals surface area contributed by atoms with Crippen LogP contribution in [0, 0.1) is 5.82 Å². The quantitative estimate of drug-likeness (QED) is 0.672. The minimum atomic E-state index is -1.51. The normalized spacial score (nSPS) is 13.6. The number of hydrogen-bond acceptors (Lipinski definition) is 3. The summed E-state index contributed by atoms with van der Waals surface area (Å²) in [5, 5.41) is 21.5. The fourth-order valence-corrected chi connectivity index (χ4v) is 2.95. The molecule has 0 saturated heterocycles. The molecular formula is C19H19FN2O2. The molecule has 0 spiro atoms. The van der Waals surface area contributed by atoms with E-state index in [0.29, 0.717) is 23.4 Å². The summed E-state index contributed by atoms with van der Waals surface area (Å²) < 4.78 is 14.0. The van der Waals surface area contributed by atoms with Crippen LogP contribution < -0.4 is 0 Å². The molecule has 0 bridgehead atoms. The maximum atomic E-state index is 14.0. The highest BCUT2D eigenvalue weighted by molar-refractivity contribution is 5.47. The molecule has 1 heterocycles. The minimum Gasteiger partial charge on any atom is -0.508 e. The second-order valence-corrected chi connectivity index (χ2v) is 5.77. The van der Waals surface area contributed by atoms with E-state index in [-0.39, 0.29) is 12.2 Å². The number of aromatic amines is 1. The molecule has 0 aliphatic rings. The van der Waals surface area contributed by atoms with Gasteiger partial charge in [-0.05, 0) is 18.1 Å². The molecule has 0 fully saturated rings. The molecule has 0 aliphatic carbocycles. The van der Waals surface area contributed by atoms with Crippen LogP contribution in [0.15, 0.2) is 54.9 Å². The molecule has 1 aromatic heterocycles. The van der Waals surface area contributed by atoms with Crippen molar-refractivity contribution in [2.24, 2.45) is 0 Å². The topological polar surface area (TPSA) is 69.1 Å². The van der Waals surface area contributed by atoms with Gasteiger partial charge in [-0.25, -0.2) is 9.37 Å². The molecule has 1 unspecified atom stereocenters. The SMILES string of the molecule is CCC(O)(c1ncc[nH]1)c1cc(F)cc(O)c1Cc1ccccc1. The third kappa shape index (κ3) is 2.90. The van der Waals surface area contributed by atoms with Crippen molar-refractivity contribution in [3.63, 3.8) is 0 Å². The molecule has 5 heteroatoms. The van der Waals surface area contributed by atoms with E-state index in [0.717, 1.165) is 11.6 Å². The second kappa shape index (κ2) is 6.45. The number of rotatable bonds is 5. The van der Waals surface area contributed by atoms with Crippen molar-refractivity contribution in [3.05, 3.63) is 83.2 Å². The molecule has 24 heavy (non-hydrogen) atoms. The number of nitrogens with one attached hydrogen (secondary N) is 1. The van der Waals surface area contributed by atoms with Crippen molar-refractivity contribution in [1.29, 1.82) is 0 Å². The van der Waals surface area contributed by atoms with E-state index in [1.165, 1.54) is 12.3 Å². The first kappa shape index (κ1) is 16.2. The molecule has 124 valence electrons. The molecule has 0 radical (unpaired) electrons. The molecule has 0 aliphatic heterocycles. The maximum Gasteiger partial charge on any atom is 0.147 e. The first-order valence-electron chi connectivity index (χ1n) is 7.82. The van der Waals surface area contributed by atoms with E-state index in [9.17, 15) is 14.6 Å². The number of imidazole rings is 1. The zero-order chi connectivity index (χ0) is 17.2. The molecule has 3 aromatic rings. The van der Waals surface area contributed by atoms with Gasteiger partial charge < -0.3 is 15.2 Å². The van der Waals surface area contributed by atoms with Gasteiger partial charge in [0.05, 0.1) is 0 Å². The number of aromatic nitrogens is 2. The van der Waals surface area contributed by atoms with Crippen LogP contribution in [0.25, 0.3) is 0 Å². The van der Waals surface area contributed by atoms with Gasteiger partial charge in [0.2, 0.25) is 0 Å². The predicted molar refractivity (Wildman–Crippen MR) is 89.2 cm³/mol. The number of halogens is 1. The van der Waals surface area contributed by atoms with E-state index < -0.39 is 11.4 Å². The lowest BCUT2D eigenvalue weighted by Gasteiger charge is -2.28. The molecule has 1 atom stereocenters. The highest BCUT2D eigenvalue weighted by Gasteiger charge is 2.35. The Morgan fingerprint density at radius 3 is 2.58 bits per heavy atom. The summed E-state index contributed by atoms with van der Waals surface area (Å²) in [5.41, 5.74) is 0.260. The number of phenolic OH excluding ortho intramolecular Hbond substituents is 1.